The van der Waals surface area contributed by atoms with Crippen LogP contribution in [0.4, 0.5) is 13.2 Å². The van der Waals surface area contributed by atoms with Gasteiger partial charge in [-0.15, -0.1) is 0 Å². The van der Waals surface area contributed by atoms with Crippen molar-refractivity contribution in [2.75, 3.05) is 0 Å². The zero-order chi connectivity index (χ0) is 14.0. The zero-order valence-electron chi connectivity index (χ0n) is 9.91. The molecule has 2 rings (SSSR count). The van der Waals surface area contributed by atoms with Gasteiger partial charge in [0.1, 0.15) is 5.82 Å². The van der Waals surface area contributed by atoms with Crippen molar-refractivity contribution in [2.24, 2.45) is 0 Å². The van der Waals surface area contributed by atoms with E-state index < -0.39 is 17.5 Å². The molecule has 0 saturated carbocycles. The van der Waals surface area contributed by atoms with Crippen LogP contribution in [0.1, 0.15) is 17.3 Å². The number of hydrogen-bond acceptors (Lipinski definition) is 2. The Balaban J connectivity index is 2.37. The van der Waals surface area contributed by atoms with Crippen LogP contribution < -0.4 is 0 Å². The summed E-state index contributed by atoms with van der Waals surface area (Å²) >= 11 is 1.08. The fourth-order valence-electron chi connectivity index (χ4n) is 1.53. The van der Waals surface area contributed by atoms with Gasteiger partial charge in [-0.2, -0.15) is 0 Å². The summed E-state index contributed by atoms with van der Waals surface area (Å²) in [5, 5.41) is 0. The van der Waals surface area contributed by atoms with Crippen LogP contribution in [0.25, 0.3) is 0 Å². The Labute approximate surface area is 112 Å². The van der Waals surface area contributed by atoms with Crippen molar-refractivity contribution in [2.45, 2.75) is 16.7 Å². The molecule has 0 heterocycles. The first-order valence-electron chi connectivity index (χ1n) is 5.41. The highest BCUT2D eigenvalue weighted by atomic mass is 32.2. The molecular formula is C14H9F3OS. The molecule has 0 aliphatic heterocycles. The van der Waals surface area contributed by atoms with Crippen molar-refractivity contribution in [1.82, 2.24) is 0 Å². The second-order valence-corrected chi connectivity index (χ2v) is 4.99. The Morgan fingerprint density at radius 1 is 1.00 bits per heavy atom. The van der Waals surface area contributed by atoms with Crippen LogP contribution in [0.2, 0.25) is 0 Å². The van der Waals surface area contributed by atoms with E-state index in [4.69, 9.17) is 0 Å². The van der Waals surface area contributed by atoms with Crippen LogP contribution >= 0.6 is 11.8 Å². The lowest BCUT2D eigenvalue weighted by Gasteiger charge is -2.07. The Kier molecular flexibility index (Phi) is 3.95. The molecule has 2 aromatic carbocycles. The minimum absolute atomic E-state index is 0.217. The molecule has 0 fully saturated rings. The van der Waals surface area contributed by atoms with Gasteiger partial charge in [-0.05, 0) is 43.3 Å². The summed E-state index contributed by atoms with van der Waals surface area (Å²) in [6.07, 6.45) is 0. The molecule has 0 aromatic heterocycles. The molecule has 2 aromatic rings. The average Bonchev–Trinajstić information content (AvgIpc) is 2.36. The summed E-state index contributed by atoms with van der Waals surface area (Å²) in [4.78, 5) is 12.4. The van der Waals surface area contributed by atoms with Crippen molar-refractivity contribution in [3.05, 3.63) is 59.4 Å². The summed E-state index contributed by atoms with van der Waals surface area (Å²) in [6.45, 7) is 1.32. The monoisotopic (exact) mass is 282 g/mol. The number of Topliss-reactive ketones (excluding diaryl/α,β-unsaturated/α-hetero) is 1. The summed E-state index contributed by atoms with van der Waals surface area (Å²) in [7, 11) is 0. The minimum Gasteiger partial charge on any atom is -0.294 e. The first-order valence-corrected chi connectivity index (χ1v) is 6.22. The van der Waals surface area contributed by atoms with E-state index in [1.165, 1.54) is 25.1 Å². The van der Waals surface area contributed by atoms with Gasteiger partial charge < -0.3 is 0 Å². The van der Waals surface area contributed by atoms with Gasteiger partial charge in [-0.25, -0.2) is 13.2 Å². The van der Waals surface area contributed by atoms with Crippen molar-refractivity contribution >= 4 is 17.5 Å². The number of halogens is 3. The normalized spacial score (nSPS) is 10.5. The lowest BCUT2D eigenvalue weighted by molar-refractivity contribution is 0.101. The van der Waals surface area contributed by atoms with E-state index in [2.05, 4.69) is 0 Å². The highest BCUT2D eigenvalue weighted by molar-refractivity contribution is 7.99. The fraction of sp³-hybridized carbons (Fsp3) is 0.0714. The Morgan fingerprint density at radius 3 is 2.37 bits per heavy atom. The van der Waals surface area contributed by atoms with Gasteiger partial charge >= 0.3 is 0 Å². The minimum atomic E-state index is -0.962. The molecule has 0 aliphatic rings. The number of rotatable bonds is 3. The first kappa shape index (κ1) is 13.7. The summed E-state index contributed by atoms with van der Waals surface area (Å²) in [5.41, 5.74) is 0.217. The van der Waals surface area contributed by atoms with E-state index in [0.29, 0.717) is 9.79 Å². The molecule has 0 amide bonds. The van der Waals surface area contributed by atoms with Crippen LogP contribution in [0, 0.1) is 17.5 Å². The molecule has 0 radical (unpaired) electrons. The molecule has 0 spiro atoms. The summed E-state index contributed by atoms with van der Waals surface area (Å²) in [5.74, 6) is -2.70. The molecule has 5 heteroatoms. The quantitative estimate of drug-likeness (QED) is 0.773. The number of hydrogen-bond donors (Lipinski definition) is 0. The van der Waals surface area contributed by atoms with Crippen molar-refractivity contribution < 1.29 is 18.0 Å². The molecule has 98 valence electrons. The molecule has 19 heavy (non-hydrogen) atoms. The van der Waals surface area contributed by atoms with E-state index >= 15 is 0 Å². The molecule has 0 bridgehead atoms. The van der Waals surface area contributed by atoms with Crippen molar-refractivity contribution in [3.63, 3.8) is 0 Å². The van der Waals surface area contributed by atoms with Crippen LogP contribution in [-0.2, 0) is 0 Å². The second-order valence-electron chi connectivity index (χ2n) is 3.87. The number of carbonyl (C=O) groups excluding carboxylic acids is 1. The van der Waals surface area contributed by atoms with E-state index in [0.717, 1.165) is 30.0 Å². The van der Waals surface area contributed by atoms with Crippen LogP contribution in [0.3, 0.4) is 0 Å². The maximum atomic E-state index is 13.1. The zero-order valence-corrected chi connectivity index (χ0v) is 10.7. The van der Waals surface area contributed by atoms with E-state index in [1.807, 2.05) is 0 Å². The van der Waals surface area contributed by atoms with Gasteiger partial charge in [-0.3, -0.25) is 4.79 Å². The first-order chi connectivity index (χ1) is 8.97. The molecule has 0 saturated heterocycles. The highest BCUT2D eigenvalue weighted by Crippen LogP contribution is 2.32. The standard InChI is InChI=1S/C14H9F3OS/c1-8(18)11-6-9(15)2-5-14(11)19-10-3-4-12(16)13(17)7-10/h2-7H,1H3. The van der Waals surface area contributed by atoms with Gasteiger partial charge in [0.05, 0.1) is 0 Å². The smallest absolute Gasteiger partial charge is 0.161 e. The van der Waals surface area contributed by atoms with Crippen molar-refractivity contribution in [1.29, 1.82) is 0 Å². The molecule has 0 atom stereocenters. The largest absolute Gasteiger partial charge is 0.294 e. The maximum Gasteiger partial charge on any atom is 0.161 e. The topological polar surface area (TPSA) is 17.1 Å². The fourth-order valence-corrected chi connectivity index (χ4v) is 2.53. The third-order valence-corrected chi connectivity index (χ3v) is 3.51. The van der Waals surface area contributed by atoms with E-state index in [1.54, 1.807) is 0 Å². The Morgan fingerprint density at radius 2 is 1.74 bits per heavy atom. The third-order valence-electron chi connectivity index (χ3n) is 2.44. The Hall–Kier alpha value is -1.75. The summed E-state index contributed by atoms with van der Waals surface area (Å²) < 4.78 is 39.0. The maximum absolute atomic E-state index is 13.1. The van der Waals surface area contributed by atoms with Gasteiger partial charge in [0.15, 0.2) is 17.4 Å². The molecular weight excluding hydrogens is 273 g/mol. The van der Waals surface area contributed by atoms with Crippen LogP contribution in [-0.4, -0.2) is 5.78 Å². The third kappa shape index (κ3) is 3.17. The Bertz CT molecular complexity index is 641. The van der Waals surface area contributed by atoms with Gasteiger partial charge in [0, 0.05) is 15.4 Å². The average molecular weight is 282 g/mol. The molecule has 1 nitrogen and oxygen atoms in total. The second kappa shape index (κ2) is 5.48. The predicted octanol–water partition coefficient (Wildman–Crippen LogP) is 4.46. The summed E-state index contributed by atoms with van der Waals surface area (Å²) in [6, 6.07) is 7.23. The van der Waals surface area contributed by atoms with E-state index in [9.17, 15) is 18.0 Å². The lowest BCUT2D eigenvalue weighted by atomic mass is 10.1. The van der Waals surface area contributed by atoms with Gasteiger partial charge in [-0.1, -0.05) is 11.8 Å². The highest BCUT2D eigenvalue weighted by Gasteiger charge is 2.11. The van der Waals surface area contributed by atoms with Gasteiger partial charge in [0.25, 0.3) is 0 Å². The molecule has 0 aliphatic carbocycles. The SMILES string of the molecule is CC(=O)c1cc(F)ccc1Sc1ccc(F)c(F)c1. The van der Waals surface area contributed by atoms with Crippen LogP contribution in [0.5, 0.6) is 0 Å². The molecule has 0 N–H and O–H groups in total. The lowest BCUT2D eigenvalue weighted by Crippen LogP contribution is -1.96. The van der Waals surface area contributed by atoms with Gasteiger partial charge in [0.2, 0.25) is 0 Å². The molecule has 0 unspecified atom stereocenters. The van der Waals surface area contributed by atoms with Crippen molar-refractivity contribution in [3.8, 4) is 0 Å². The number of benzene rings is 2. The predicted molar refractivity (Wildman–Crippen MR) is 66.9 cm³/mol. The number of ketones is 1. The van der Waals surface area contributed by atoms with E-state index in [-0.39, 0.29) is 11.3 Å². The van der Waals surface area contributed by atoms with Crippen LogP contribution in [0.15, 0.2) is 46.2 Å². The number of carbonyl (C=O) groups is 1.